The zero-order chi connectivity index (χ0) is 32.9. The minimum Gasteiger partial charge on any atom is -0.481 e. The number of carbonyl (C=O) groups is 5. The van der Waals surface area contributed by atoms with Crippen molar-refractivity contribution in [3.63, 3.8) is 0 Å². The SMILES string of the molecule is C=C/C=C(C)\C(=C\Cl)C(=O)OCC(=O)[C@H](CC)N(C(=O)C1(C)CC([C@@H](NC(=O)CCC(=O)O)C(C)C)=NO1)C1CC1.CC. The summed E-state index contributed by atoms with van der Waals surface area (Å²) in [6.45, 7) is 15.8. The van der Waals surface area contributed by atoms with Crippen molar-refractivity contribution in [3.05, 3.63) is 35.4 Å². The number of nitrogens with one attached hydrogen (secondary N) is 1. The fourth-order valence-corrected chi connectivity index (χ4v) is 4.85. The monoisotopic (exact) mass is 623 g/mol. The Morgan fingerprint density at radius 2 is 1.86 bits per heavy atom. The highest BCUT2D eigenvalue weighted by atomic mass is 35.5. The van der Waals surface area contributed by atoms with Crippen LogP contribution < -0.4 is 5.32 Å². The summed E-state index contributed by atoms with van der Waals surface area (Å²) in [7, 11) is 0. The first kappa shape index (κ1) is 37.6. The number of carboxylic acids is 1. The Morgan fingerprint density at radius 3 is 2.35 bits per heavy atom. The van der Waals surface area contributed by atoms with Crippen LogP contribution in [0.3, 0.4) is 0 Å². The number of hydrogen-bond acceptors (Lipinski definition) is 8. The van der Waals surface area contributed by atoms with Crippen LogP contribution in [0.2, 0.25) is 0 Å². The summed E-state index contributed by atoms with van der Waals surface area (Å²) in [5.41, 5.74) is 0.728. The summed E-state index contributed by atoms with van der Waals surface area (Å²) in [5.74, 6) is -3.25. The van der Waals surface area contributed by atoms with Crippen molar-refractivity contribution in [2.45, 2.75) is 111 Å². The number of ketones is 1. The van der Waals surface area contributed by atoms with E-state index in [-0.39, 0.29) is 36.8 Å². The third kappa shape index (κ3) is 10.6. The molecular weight excluding hydrogens is 578 g/mol. The minimum atomic E-state index is -1.41. The molecule has 1 fully saturated rings. The lowest BCUT2D eigenvalue weighted by Gasteiger charge is -2.35. The number of carboxylic acid groups (broad SMARTS) is 1. The van der Waals surface area contributed by atoms with Crippen molar-refractivity contribution in [1.29, 1.82) is 0 Å². The summed E-state index contributed by atoms with van der Waals surface area (Å²) in [6, 6.07) is -1.58. The Balaban J connectivity index is 0.00000452. The number of hydrogen-bond donors (Lipinski definition) is 2. The lowest BCUT2D eigenvalue weighted by Crippen LogP contribution is -2.56. The number of aliphatic carboxylic acids is 1. The summed E-state index contributed by atoms with van der Waals surface area (Å²) in [6.07, 6.45) is 4.41. The van der Waals surface area contributed by atoms with Gasteiger partial charge in [0.25, 0.3) is 5.91 Å². The molecule has 240 valence electrons. The van der Waals surface area contributed by atoms with Gasteiger partial charge in [-0.3, -0.25) is 19.2 Å². The van der Waals surface area contributed by atoms with Crippen LogP contribution in [0.5, 0.6) is 0 Å². The van der Waals surface area contributed by atoms with Crippen LogP contribution in [0.15, 0.2) is 40.6 Å². The van der Waals surface area contributed by atoms with Gasteiger partial charge in [0.15, 0.2) is 12.4 Å². The van der Waals surface area contributed by atoms with Crippen molar-refractivity contribution < 1.29 is 38.7 Å². The maximum atomic E-state index is 13.9. The summed E-state index contributed by atoms with van der Waals surface area (Å²) >= 11 is 5.79. The molecule has 0 aromatic heterocycles. The fraction of sp³-hybridized carbons (Fsp3) is 0.613. The number of halogens is 1. The van der Waals surface area contributed by atoms with Gasteiger partial charge in [-0.05, 0) is 44.6 Å². The Hall–Kier alpha value is -3.47. The number of amides is 2. The molecule has 1 unspecified atom stereocenters. The van der Waals surface area contributed by atoms with Crippen LogP contribution in [-0.4, -0.2) is 75.6 Å². The van der Waals surface area contributed by atoms with Crippen LogP contribution >= 0.6 is 11.6 Å². The molecule has 0 aromatic rings. The van der Waals surface area contributed by atoms with E-state index in [0.29, 0.717) is 17.7 Å². The molecule has 0 radical (unpaired) electrons. The van der Waals surface area contributed by atoms with E-state index in [4.69, 9.17) is 26.3 Å². The molecule has 2 N–H and O–H groups in total. The molecule has 1 aliphatic heterocycles. The molecule has 0 saturated heterocycles. The van der Waals surface area contributed by atoms with E-state index in [1.54, 1.807) is 26.8 Å². The molecule has 2 rings (SSSR count). The minimum absolute atomic E-state index is 0.0789. The number of esters is 1. The average Bonchev–Trinajstić information content (AvgIpc) is 3.73. The highest BCUT2D eigenvalue weighted by Crippen LogP contribution is 2.36. The smallest absolute Gasteiger partial charge is 0.339 e. The van der Waals surface area contributed by atoms with Crippen LogP contribution in [0, 0.1) is 5.92 Å². The number of nitrogens with zero attached hydrogens (tertiary/aromatic N) is 2. The Labute approximate surface area is 259 Å². The van der Waals surface area contributed by atoms with Gasteiger partial charge < -0.3 is 24.9 Å². The summed E-state index contributed by atoms with van der Waals surface area (Å²) < 4.78 is 5.25. The molecule has 1 aliphatic carbocycles. The Morgan fingerprint density at radius 1 is 1.23 bits per heavy atom. The molecular formula is C31H46ClN3O8. The normalized spacial score (nSPS) is 19.6. The summed E-state index contributed by atoms with van der Waals surface area (Å²) in [4.78, 5) is 70.1. The van der Waals surface area contributed by atoms with Gasteiger partial charge in [0.2, 0.25) is 11.5 Å². The predicted molar refractivity (Wildman–Crippen MR) is 164 cm³/mol. The zero-order valence-corrected chi connectivity index (χ0v) is 27.0. The molecule has 12 heteroatoms. The molecule has 11 nitrogen and oxygen atoms in total. The van der Waals surface area contributed by atoms with Gasteiger partial charge in [0.1, 0.15) is 0 Å². The van der Waals surface area contributed by atoms with E-state index in [1.807, 2.05) is 27.7 Å². The molecule has 0 aromatic carbocycles. The van der Waals surface area contributed by atoms with E-state index in [9.17, 15) is 24.0 Å². The van der Waals surface area contributed by atoms with Gasteiger partial charge in [0.05, 0.1) is 29.8 Å². The third-order valence-electron chi connectivity index (χ3n) is 6.98. The number of allylic oxidation sites excluding steroid dienone is 2. The van der Waals surface area contributed by atoms with Crippen molar-refractivity contribution in [1.82, 2.24) is 10.2 Å². The second-order valence-corrected chi connectivity index (χ2v) is 11.0. The first-order valence-electron chi connectivity index (χ1n) is 14.7. The molecule has 43 heavy (non-hydrogen) atoms. The lowest BCUT2D eigenvalue weighted by atomic mass is 9.89. The highest BCUT2D eigenvalue weighted by Gasteiger charge is 2.51. The Bertz CT molecular complexity index is 1140. The largest absolute Gasteiger partial charge is 0.481 e. The molecule has 0 spiro atoms. The standard InChI is InChI=1S/C29H40ClN3O8.C2H6/c1-7-9-18(5)20(15-30)27(38)40-16-23(34)22(8-2)33(19-10-11-19)28(39)29(6)14-21(32-41-29)26(17(3)4)31-24(35)12-13-25(36)37;1-2/h7,9,15,17,19,22,26H,1,8,10-14,16H2,2-6H3,(H,31,35)(H,36,37);1-2H3/b18-9-,20-15-;/t22-,26-,29?;/m0./s1. The molecule has 1 heterocycles. The first-order chi connectivity index (χ1) is 20.3. The van der Waals surface area contributed by atoms with Crippen molar-refractivity contribution in [2.75, 3.05) is 6.61 Å². The van der Waals surface area contributed by atoms with Gasteiger partial charge >= 0.3 is 11.9 Å². The van der Waals surface area contributed by atoms with E-state index >= 15 is 0 Å². The number of rotatable bonds is 16. The maximum absolute atomic E-state index is 13.9. The van der Waals surface area contributed by atoms with Gasteiger partial charge in [-0.25, -0.2) is 4.79 Å². The average molecular weight is 624 g/mol. The molecule has 0 bridgehead atoms. The Kier molecular flexibility index (Phi) is 15.4. The van der Waals surface area contributed by atoms with Crippen LogP contribution in [0.4, 0.5) is 0 Å². The second-order valence-electron chi connectivity index (χ2n) is 10.8. The molecule has 2 amide bonds. The zero-order valence-electron chi connectivity index (χ0n) is 26.3. The van der Waals surface area contributed by atoms with E-state index in [0.717, 1.165) is 18.4 Å². The van der Waals surface area contributed by atoms with E-state index in [2.05, 4.69) is 17.1 Å². The number of ether oxygens (including phenoxy) is 1. The van der Waals surface area contributed by atoms with Gasteiger partial charge in [-0.2, -0.15) is 0 Å². The second kappa shape index (κ2) is 17.6. The number of carbonyl (C=O) groups excluding carboxylic acids is 4. The van der Waals surface area contributed by atoms with E-state index < -0.39 is 53.8 Å². The quantitative estimate of drug-likeness (QED) is 0.143. The third-order valence-corrected chi connectivity index (χ3v) is 7.20. The lowest BCUT2D eigenvalue weighted by molar-refractivity contribution is -0.160. The van der Waals surface area contributed by atoms with Gasteiger partial charge in [-0.1, -0.05) is 70.1 Å². The highest BCUT2D eigenvalue weighted by molar-refractivity contribution is 6.28. The van der Waals surface area contributed by atoms with Crippen LogP contribution in [-0.2, 0) is 33.5 Å². The van der Waals surface area contributed by atoms with Crippen LogP contribution in [0.25, 0.3) is 0 Å². The molecule has 2 aliphatic rings. The fourth-order valence-electron chi connectivity index (χ4n) is 4.59. The van der Waals surface area contributed by atoms with Crippen molar-refractivity contribution >= 4 is 46.8 Å². The summed E-state index contributed by atoms with van der Waals surface area (Å²) in [5, 5.41) is 15.8. The van der Waals surface area contributed by atoms with Gasteiger partial charge in [0, 0.05) is 24.4 Å². The topological polar surface area (TPSA) is 152 Å². The maximum Gasteiger partial charge on any atom is 0.339 e. The predicted octanol–water partition coefficient (Wildman–Crippen LogP) is 4.69. The van der Waals surface area contributed by atoms with E-state index in [1.165, 1.54) is 11.0 Å². The van der Waals surface area contributed by atoms with Crippen molar-refractivity contribution in [2.24, 2.45) is 11.1 Å². The number of Topliss-reactive ketones (excluding diaryl/α,β-unsaturated/α-hetero) is 1. The van der Waals surface area contributed by atoms with Gasteiger partial charge in [-0.15, -0.1) is 0 Å². The number of oxime groups is 1. The molecule has 3 atom stereocenters. The first-order valence-corrected chi connectivity index (χ1v) is 15.1. The van der Waals surface area contributed by atoms with Crippen molar-refractivity contribution in [3.8, 4) is 0 Å². The molecule has 1 saturated carbocycles. The van der Waals surface area contributed by atoms with Crippen LogP contribution in [0.1, 0.15) is 87.0 Å².